The Morgan fingerprint density at radius 3 is 2.67 bits per heavy atom. The Kier molecular flexibility index (Phi) is 4.93. The summed E-state index contributed by atoms with van der Waals surface area (Å²) in [5.41, 5.74) is 5.52. The molecule has 0 saturated heterocycles. The second kappa shape index (κ2) is 7.29. The SMILES string of the molecule is O=C(Cc1ccc(Cl)cc1)NNC(=O)c1cc(-c2cccs2)on1. The van der Waals surface area contributed by atoms with E-state index in [1.54, 1.807) is 24.3 Å². The summed E-state index contributed by atoms with van der Waals surface area (Å²) >= 11 is 7.26. The van der Waals surface area contributed by atoms with E-state index in [0.29, 0.717) is 10.8 Å². The lowest BCUT2D eigenvalue weighted by molar-refractivity contribution is -0.121. The van der Waals surface area contributed by atoms with E-state index in [4.69, 9.17) is 16.1 Å². The van der Waals surface area contributed by atoms with Crippen molar-refractivity contribution in [1.82, 2.24) is 16.0 Å². The van der Waals surface area contributed by atoms with E-state index in [2.05, 4.69) is 16.0 Å². The minimum atomic E-state index is -0.550. The summed E-state index contributed by atoms with van der Waals surface area (Å²) in [7, 11) is 0. The maximum atomic E-state index is 12.0. The van der Waals surface area contributed by atoms with Crippen LogP contribution >= 0.6 is 22.9 Å². The van der Waals surface area contributed by atoms with Crippen molar-refractivity contribution in [2.45, 2.75) is 6.42 Å². The second-order valence-electron chi connectivity index (χ2n) is 4.86. The summed E-state index contributed by atoms with van der Waals surface area (Å²) in [4.78, 5) is 24.7. The highest BCUT2D eigenvalue weighted by Crippen LogP contribution is 2.24. The zero-order valence-corrected chi connectivity index (χ0v) is 13.9. The molecule has 0 bridgehead atoms. The molecule has 2 amide bonds. The summed E-state index contributed by atoms with van der Waals surface area (Å²) in [5.74, 6) is -0.402. The Hall–Kier alpha value is -2.64. The van der Waals surface area contributed by atoms with Crippen LogP contribution in [0.2, 0.25) is 5.02 Å². The summed E-state index contributed by atoms with van der Waals surface area (Å²) in [6.07, 6.45) is 0.122. The third kappa shape index (κ3) is 4.01. The zero-order chi connectivity index (χ0) is 16.9. The quantitative estimate of drug-likeness (QED) is 0.699. The molecule has 2 aromatic heterocycles. The van der Waals surface area contributed by atoms with Gasteiger partial charge in [-0.25, -0.2) is 0 Å². The summed E-state index contributed by atoms with van der Waals surface area (Å²) in [5, 5.41) is 6.19. The van der Waals surface area contributed by atoms with E-state index < -0.39 is 5.91 Å². The average molecular weight is 362 g/mol. The van der Waals surface area contributed by atoms with Crippen molar-refractivity contribution in [2.24, 2.45) is 0 Å². The molecule has 1 aromatic carbocycles. The number of benzene rings is 1. The van der Waals surface area contributed by atoms with E-state index in [0.717, 1.165) is 10.4 Å². The predicted octanol–water partition coefficient (Wildman–Crippen LogP) is 3.06. The number of thiophene rings is 1. The van der Waals surface area contributed by atoms with Crippen LogP contribution in [0.4, 0.5) is 0 Å². The highest BCUT2D eigenvalue weighted by molar-refractivity contribution is 7.13. The predicted molar refractivity (Wildman–Crippen MR) is 90.6 cm³/mol. The number of aromatic nitrogens is 1. The van der Waals surface area contributed by atoms with Crippen molar-refractivity contribution in [1.29, 1.82) is 0 Å². The normalized spacial score (nSPS) is 10.4. The number of halogens is 1. The molecule has 0 spiro atoms. The number of hydrogen-bond acceptors (Lipinski definition) is 5. The van der Waals surface area contributed by atoms with Gasteiger partial charge in [-0.1, -0.05) is 35.0 Å². The van der Waals surface area contributed by atoms with Crippen LogP contribution in [0.3, 0.4) is 0 Å². The van der Waals surface area contributed by atoms with E-state index in [1.807, 2.05) is 17.5 Å². The maximum absolute atomic E-state index is 12.0. The number of nitrogens with one attached hydrogen (secondary N) is 2. The molecule has 3 aromatic rings. The smallest absolute Gasteiger partial charge is 0.291 e. The Morgan fingerprint density at radius 2 is 1.96 bits per heavy atom. The zero-order valence-electron chi connectivity index (χ0n) is 12.3. The second-order valence-corrected chi connectivity index (χ2v) is 6.24. The van der Waals surface area contributed by atoms with Gasteiger partial charge in [-0.15, -0.1) is 11.3 Å². The molecule has 0 aliphatic carbocycles. The largest absolute Gasteiger partial charge is 0.355 e. The number of carbonyl (C=O) groups is 2. The van der Waals surface area contributed by atoms with Gasteiger partial charge in [0.15, 0.2) is 11.5 Å². The molecule has 0 fully saturated rings. The molecule has 2 N–H and O–H groups in total. The van der Waals surface area contributed by atoms with Crippen LogP contribution in [0.15, 0.2) is 52.4 Å². The van der Waals surface area contributed by atoms with Crippen LogP contribution in [0.5, 0.6) is 0 Å². The lowest BCUT2D eigenvalue weighted by Gasteiger charge is -2.05. The van der Waals surface area contributed by atoms with E-state index in [1.165, 1.54) is 17.4 Å². The van der Waals surface area contributed by atoms with Crippen LogP contribution in [0.1, 0.15) is 16.1 Å². The van der Waals surface area contributed by atoms with E-state index in [-0.39, 0.29) is 18.0 Å². The molecule has 8 heteroatoms. The van der Waals surface area contributed by atoms with Crippen molar-refractivity contribution in [3.63, 3.8) is 0 Å². The number of rotatable bonds is 4. The van der Waals surface area contributed by atoms with Gasteiger partial charge in [-0.2, -0.15) is 0 Å². The molecule has 3 rings (SSSR count). The molecular formula is C16H12ClN3O3S. The summed E-state index contributed by atoms with van der Waals surface area (Å²) < 4.78 is 5.12. The van der Waals surface area contributed by atoms with Gasteiger partial charge in [-0.05, 0) is 29.1 Å². The van der Waals surface area contributed by atoms with Crippen LogP contribution in [0.25, 0.3) is 10.6 Å². The minimum absolute atomic E-state index is 0.0881. The standard InChI is InChI=1S/C16H12ClN3O3S/c17-11-5-3-10(4-6-11)8-15(21)18-19-16(22)12-9-13(23-20-12)14-2-1-7-24-14/h1-7,9H,8H2,(H,18,21)(H,19,22). The number of carbonyl (C=O) groups excluding carboxylic acids is 2. The monoisotopic (exact) mass is 361 g/mol. The third-order valence-corrected chi connectivity index (χ3v) is 4.24. The maximum Gasteiger partial charge on any atom is 0.291 e. The van der Waals surface area contributed by atoms with Gasteiger partial charge in [0.2, 0.25) is 5.91 Å². The molecular weight excluding hydrogens is 350 g/mol. The van der Waals surface area contributed by atoms with Crippen LogP contribution in [0, 0.1) is 0 Å². The molecule has 122 valence electrons. The first-order chi connectivity index (χ1) is 11.6. The molecule has 0 atom stereocenters. The van der Waals surface area contributed by atoms with E-state index in [9.17, 15) is 9.59 Å². The number of nitrogens with zero attached hydrogens (tertiary/aromatic N) is 1. The summed E-state index contributed by atoms with van der Waals surface area (Å²) in [6, 6.07) is 12.1. The average Bonchev–Trinajstić information content (AvgIpc) is 3.25. The molecule has 0 radical (unpaired) electrons. The topological polar surface area (TPSA) is 84.2 Å². The van der Waals surface area contributed by atoms with Crippen molar-refractivity contribution >= 4 is 34.8 Å². The molecule has 24 heavy (non-hydrogen) atoms. The molecule has 0 unspecified atom stereocenters. The molecule has 2 heterocycles. The molecule has 6 nitrogen and oxygen atoms in total. The number of hydrogen-bond donors (Lipinski definition) is 2. The van der Waals surface area contributed by atoms with Gasteiger partial charge >= 0.3 is 0 Å². The van der Waals surface area contributed by atoms with Crippen molar-refractivity contribution in [2.75, 3.05) is 0 Å². The first-order valence-corrected chi connectivity index (χ1v) is 8.22. The lowest BCUT2D eigenvalue weighted by atomic mass is 10.1. The van der Waals surface area contributed by atoms with Gasteiger partial charge in [0.25, 0.3) is 5.91 Å². The number of amides is 2. The Labute approximate surface area is 146 Å². The van der Waals surface area contributed by atoms with Crippen LogP contribution in [-0.2, 0) is 11.2 Å². The van der Waals surface area contributed by atoms with Gasteiger partial charge < -0.3 is 4.52 Å². The van der Waals surface area contributed by atoms with Crippen LogP contribution in [-0.4, -0.2) is 17.0 Å². The lowest BCUT2D eigenvalue weighted by Crippen LogP contribution is -2.42. The number of hydrazine groups is 1. The van der Waals surface area contributed by atoms with Crippen molar-refractivity contribution in [3.8, 4) is 10.6 Å². The van der Waals surface area contributed by atoms with Gasteiger partial charge in [0.1, 0.15) is 0 Å². The fourth-order valence-electron chi connectivity index (χ4n) is 1.94. The van der Waals surface area contributed by atoms with Gasteiger partial charge in [0, 0.05) is 11.1 Å². The van der Waals surface area contributed by atoms with Gasteiger partial charge in [-0.3, -0.25) is 20.4 Å². The first kappa shape index (κ1) is 16.2. The van der Waals surface area contributed by atoms with E-state index >= 15 is 0 Å². The highest BCUT2D eigenvalue weighted by atomic mass is 35.5. The molecule has 0 saturated carbocycles. The van der Waals surface area contributed by atoms with Crippen molar-refractivity contribution < 1.29 is 14.1 Å². The van der Waals surface area contributed by atoms with Crippen LogP contribution < -0.4 is 10.9 Å². The molecule has 0 aliphatic heterocycles. The molecule has 0 aliphatic rings. The minimum Gasteiger partial charge on any atom is -0.355 e. The first-order valence-electron chi connectivity index (χ1n) is 6.96. The van der Waals surface area contributed by atoms with Crippen molar-refractivity contribution in [3.05, 3.63) is 64.1 Å². The highest BCUT2D eigenvalue weighted by Gasteiger charge is 2.15. The third-order valence-electron chi connectivity index (χ3n) is 3.10. The fourth-order valence-corrected chi connectivity index (χ4v) is 2.74. The fraction of sp³-hybridized carbons (Fsp3) is 0.0625. The Balaban J connectivity index is 1.53. The Bertz CT molecular complexity index is 844. The van der Waals surface area contributed by atoms with Gasteiger partial charge in [0.05, 0.1) is 11.3 Å². The summed E-state index contributed by atoms with van der Waals surface area (Å²) in [6.45, 7) is 0. The Morgan fingerprint density at radius 1 is 1.17 bits per heavy atom.